The van der Waals surface area contributed by atoms with Gasteiger partial charge >= 0.3 is 0 Å². The first-order chi connectivity index (χ1) is 10.2. The minimum atomic E-state index is 0.314. The molecular formula is C16H10Cl2N2O. The first kappa shape index (κ1) is 13.9. The van der Waals surface area contributed by atoms with E-state index < -0.39 is 0 Å². The number of hydrogen-bond donors (Lipinski definition) is 0. The van der Waals surface area contributed by atoms with Crippen molar-refractivity contribution in [2.75, 3.05) is 0 Å². The standard InChI is InChI=1S/C16H10Cl2N2O/c17-14-10-15(18)20-16(19-14)11-6-8-13(9-7-11)21-12-4-2-1-3-5-12/h1-10H. The molecule has 5 heteroatoms. The van der Waals surface area contributed by atoms with Crippen molar-refractivity contribution in [3.63, 3.8) is 0 Å². The quantitative estimate of drug-likeness (QED) is 0.619. The second kappa shape index (κ2) is 6.12. The zero-order valence-electron chi connectivity index (χ0n) is 10.8. The summed E-state index contributed by atoms with van der Waals surface area (Å²) >= 11 is 11.8. The highest BCUT2D eigenvalue weighted by Crippen LogP contribution is 2.25. The fourth-order valence-electron chi connectivity index (χ4n) is 1.82. The molecule has 1 heterocycles. The van der Waals surface area contributed by atoms with E-state index in [1.807, 2.05) is 54.6 Å². The van der Waals surface area contributed by atoms with Crippen LogP contribution in [0.1, 0.15) is 0 Å². The van der Waals surface area contributed by atoms with E-state index in [4.69, 9.17) is 27.9 Å². The Hall–Kier alpha value is -2.10. The summed E-state index contributed by atoms with van der Waals surface area (Å²) in [7, 11) is 0. The molecule has 21 heavy (non-hydrogen) atoms. The van der Waals surface area contributed by atoms with Crippen molar-refractivity contribution < 1.29 is 4.74 Å². The summed E-state index contributed by atoms with van der Waals surface area (Å²) in [5.74, 6) is 2.00. The van der Waals surface area contributed by atoms with Gasteiger partial charge in [-0.1, -0.05) is 41.4 Å². The van der Waals surface area contributed by atoms with Gasteiger partial charge < -0.3 is 4.74 Å². The summed E-state index contributed by atoms with van der Waals surface area (Å²) in [6.45, 7) is 0. The molecule has 0 saturated heterocycles. The summed E-state index contributed by atoms with van der Waals surface area (Å²) < 4.78 is 5.72. The Morgan fingerprint density at radius 2 is 1.29 bits per heavy atom. The third-order valence-electron chi connectivity index (χ3n) is 2.76. The summed E-state index contributed by atoms with van der Waals surface area (Å²) in [6.07, 6.45) is 0. The van der Waals surface area contributed by atoms with Crippen LogP contribution in [-0.4, -0.2) is 9.97 Å². The van der Waals surface area contributed by atoms with Crippen molar-refractivity contribution in [1.29, 1.82) is 0 Å². The van der Waals surface area contributed by atoms with Crippen LogP contribution in [0, 0.1) is 0 Å². The number of rotatable bonds is 3. The molecule has 0 aliphatic heterocycles. The Kier molecular flexibility index (Phi) is 4.04. The maximum atomic E-state index is 5.88. The Morgan fingerprint density at radius 1 is 0.714 bits per heavy atom. The Labute approximate surface area is 132 Å². The van der Waals surface area contributed by atoms with Crippen molar-refractivity contribution in [2.45, 2.75) is 0 Å². The zero-order valence-corrected chi connectivity index (χ0v) is 12.3. The van der Waals surface area contributed by atoms with Crippen LogP contribution < -0.4 is 4.74 Å². The molecule has 0 unspecified atom stereocenters. The lowest BCUT2D eigenvalue weighted by Crippen LogP contribution is -1.90. The van der Waals surface area contributed by atoms with E-state index >= 15 is 0 Å². The molecule has 0 aliphatic rings. The van der Waals surface area contributed by atoms with Crippen LogP contribution in [0.4, 0.5) is 0 Å². The van der Waals surface area contributed by atoms with Crippen molar-refractivity contribution in [2.24, 2.45) is 0 Å². The molecule has 0 spiro atoms. The van der Waals surface area contributed by atoms with E-state index in [0.717, 1.165) is 17.1 Å². The molecular weight excluding hydrogens is 307 g/mol. The minimum absolute atomic E-state index is 0.314. The van der Waals surface area contributed by atoms with Crippen LogP contribution in [0.3, 0.4) is 0 Å². The number of ether oxygens (including phenoxy) is 1. The largest absolute Gasteiger partial charge is 0.457 e. The van der Waals surface area contributed by atoms with Gasteiger partial charge in [-0.15, -0.1) is 0 Å². The molecule has 3 rings (SSSR count). The number of halogens is 2. The van der Waals surface area contributed by atoms with Crippen molar-refractivity contribution >= 4 is 23.2 Å². The van der Waals surface area contributed by atoms with E-state index in [0.29, 0.717) is 16.1 Å². The fraction of sp³-hybridized carbons (Fsp3) is 0. The fourth-order valence-corrected chi connectivity index (χ4v) is 2.24. The molecule has 0 radical (unpaired) electrons. The van der Waals surface area contributed by atoms with Gasteiger partial charge in [-0.3, -0.25) is 0 Å². The molecule has 104 valence electrons. The first-order valence-corrected chi connectivity index (χ1v) is 7.00. The number of nitrogens with zero attached hydrogens (tertiary/aromatic N) is 2. The van der Waals surface area contributed by atoms with Crippen LogP contribution >= 0.6 is 23.2 Å². The van der Waals surface area contributed by atoms with Crippen LogP contribution in [0.15, 0.2) is 60.7 Å². The number of hydrogen-bond acceptors (Lipinski definition) is 3. The number of aromatic nitrogens is 2. The van der Waals surface area contributed by atoms with Crippen LogP contribution in [-0.2, 0) is 0 Å². The van der Waals surface area contributed by atoms with Gasteiger partial charge in [-0.2, -0.15) is 0 Å². The van der Waals surface area contributed by atoms with E-state index in [2.05, 4.69) is 9.97 Å². The average Bonchev–Trinajstić information content (AvgIpc) is 2.48. The van der Waals surface area contributed by atoms with E-state index in [1.54, 1.807) is 0 Å². The second-order valence-corrected chi connectivity index (χ2v) is 5.05. The normalized spacial score (nSPS) is 10.4. The molecule has 3 aromatic rings. The van der Waals surface area contributed by atoms with Gasteiger partial charge in [-0.25, -0.2) is 9.97 Å². The average molecular weight is 317 g/mol. The molecule has 0 aliphatic carbocycles. The molecule has 0 amide bonds. The Bertz CT molecular complexity index is 726. The van der Waals surface area contributed by atoms with E-state index in [-0.39, 0.29) is 0 Å². The molecule has 2 aromatic carbocycles. The summed E-state index contributed by atoms with van der Waals surface area (Å²) in [6, 6.07) is 18.5. The third-order valence-corrected chi connectivity index (χ3v) is 3.14. The number of para-hydroxylation sites is 1. The highest BCUT2D eigenvalue weighted by Gasteiger charge is 2.05. The zero-order chi connectivity index (χ0) is 14.7. The minimum Gasteiger partial charge on any atom is -0.457 e. The van der Waals surface area contributed by atoms with E-state index in [1.165, 1.54) is 6.07 Å². The lowest BCUT2D eigenvalue weighted by Gasteiger charge is -2.06. The molecule has 0 bridgehead atoms. The third kappa shape index (κ3) is 3.51. The smallest absolute Gasteiger partial charge is 0.162 e. The van der Waals surface area contributed by atoms with Gasteiger partial charge in [0.2, 0.25) is 0 Å². The SMILES string of the molecule is Clc1cc(Cl)nc(-c2ccc(Oc3ccccc3)cc2)n1. The predicted molar refractivity (Wildman–Crippen MR) is 84.0 cm³/mol. The molecule has 0 fully saturated rings. The van der Waals surface area contributed by atoms with Gasteiger partial charge in [0.25, 0.3) is 0 Å². The summed E-state index contributed by atoms with van der Waals surface area (Å²) in [4.78, 5) is 8.29. The molecule has 1 aromatic heterocycles. The first-order valence-electron chi connectivity index (χ1n) is 6.24. The second-order valence-electron chi connectivity index (χ2n) is 4.28. The lowest BCUT2D eigenvalue weighted by molar-refractivity contribution is 0.483. The Morgan fingerprint density at radius 3 is 1.90 bits per heavy atom. The monoisotopic (exact) mass is 316 g/mol. The molecule has 3 nitrogen and oxygen atoms in total. The maximum Gasteiger partial charge on any atom is 0.162 e. The van der Waals surface area contributed by atoms with Crippen LogP contribution in [0.25, 0.3) is 11.4 Å². The molecule has 0 saturated carbocycles. The Balaban J connectivity index is 1.84. The van der Waals surface area contributed by atoms with Crippen LogP contribution in [0.2, 0.25) is 10.3 Å². The highest BCUT2D eigenvalue weighted by atomic mass is 35.5. The van der Waals surface area contributed by atoms with E-state index in [9.17, 15) is 0 Å². The lowest BCUT2D eigenvalue weighted by atomic mass is 10.2. The van der Waals surface area contributed by atoms with Gasteiger partial charge in [-0.05, 0) is 36.4 Å². The molecule has 0 N–H and O–H groups in total. The van der Waals surface area contributed by atoms with Gasteiger partial charge in [0.1, 0.15) is 21.8 Å². The number of benzene rings is 2. The maximum absolute atomic E-state index is 5.88. The van der Waals surface area contributed by atoms with Crippen molar-refractivity contribution in [3.05, 3.63) is 71.0 Å². The highest BCUT2D eigenvalue weighted by molar-refractivity contribution is 6.33. The van der Waals surface area contributed by atoms with Gasteiger partial charge in [0.15, 0.2) is 5.82 Å². The van der Waals surface area contributed by atoms with Crippen molar-refractivity contribution in [1.82, 2.24) is 9.97 Å². The van der Waals surface area contributed by atoms with Crippen LogP contribution in [0.5, 0.6) is 11.5 Å². The summed E-state index contributed by atoms with van der Waals surface area (Å²) in [5.41, 5.74) is 0.819. The van der Waals surface area contributed by atoms with Crippen molar-refractivity contribution in [3.8, 4) is 22.9 Å². The summed E-state index contributed by atoms with van der Waals surface area (Å²) in [5, 5.41) is 0.629. The predicted octanol–water partition coefficient (Wildman–Crippen LogP) is 5.24. The van der Waals surface area contributed by atoms with Gasteiger partial charge in [0, 0.05) is 11.6 Å². The molecule has 0 atom stereocenters. The topological polar surface area (TPSA) is 35.0 Å². The van der Waals surface area contributed by atoms with Gasteiger partial charge in [0.05, 0.1) is 0 Å².